The molecule has 26 heavy (non-hydrogen) atoms. The summed E-state index contributed by atoms with van der Waals surface area (Å²) < 4.78 is 7.42. The number of carbonyl (C=O) groups excluding carboxylic acids is 2. The number of amides is 2. The van der Waals surface area contributed by atoms with Crippen molar-refractivity contribution >= 4 is 22.8 Å². The van der Waals surface area contributed by atoms with Gasteiger partial charge in [-0.15, -0.1) is 0 Å². The molecule has 2 aromatic heterocycles. The van der Waals surface area contributed by atoms with Crippen LogP contribution in [0.25, 0.3) is 11.0 Å². The predicted octanol–water partition coefficient (Wildman–Crippen LogP) is 0.833. The van der Waals surface area contributed by atoms with Gasteiger partial charge in [0.1, 0.15) is 0 Å². The molecule has 4 heterocycles. The first-order valence-electron chi connectivity index (χ1n) is 9.04. The molecule has 4 rings (SSSR count). The van der Waals surface area contributed by atoms with Crippen LogP contribution in [0.15, 0.2) is 12.3 Å². The van der Waals surface area contributed by atoms with Crippen molar-refractivity contribution in [3.8, 4) is 0 Å². The normalized spacial score (nSPS) is 26.1. The van der Waals surface area contributed by atoms with Gasteiger partial charge in [0.25, 0.3) is 5.91 Å². The lowest BCUT2D eigenvalue weighted by Gasteiger charge is -2.36. The highest BCUT2D eigenvalue weighted by Gasteiger charge is 2.37. The summed E-state index contributed by atoms with van der Waals surface area (Å²) in [6.07, 6.45) is 4.53. The maximum Gasteiger partial charge on any atom is 0.252 e. The Morgan fingerprint density at radius 2 is 2.27 bits per heavy atom. The van der Waals surface area contributed by atoms with Gasteiger partial charge < -0.3 is 15.4 Å². The van der Waals surface area contributed by atoms with E-state index in [2.05, 4.69) is 20.7 Å². The number of pyridine rings is 1. The molecule has 0 bridgehead atoms. The van der Waals surface area contributed by atoms with Crippen LogP contribution in [0.5, 0.6) is 0 Å². The van der Waals surface area contributed by atoms with Crippen LogP contribution in [0.3, 0.4) is 0 Å². The summed E-state index contributed by atoms with van der Waals surface area (Å²) in [6.45, 7) is 2.57. The van der Waals surface area contributed by atoms with Gasteiger partial charge in [0.2, 0.25) is 5.91 Å². The van der Waals surface area contributed by atoms with E-state index in [0.29, 0.717) is 30.7 Å². The second kappa shape index (κ2) is 6.68. The van der Waals surface area contributed by atoms with Crippen molar-refractivity contribution in [1.29, 1.82) is 0 Å². The largest absolute Gasteiger partial charge is 0.376 e. The first-order chi connectivity index (χ1) is 12.5. The van der Waals surface area contributed by atoms with Crippen LogP contribution in [-0.4, -0.2) is 51.4 Å². The molecule has 8 heteroatoms. The van der Waals surface area contributed by atoms with Gasteiger partial charge in [-0.05, 0) is 32.3 Å². The lowest BCUT2D eigenvalue weighted by Crippen LogP contribution is -2.60. The minimum atomic E-state index is -0.185. The van der Waals surface area contributed by atoms with E-state index < -0.39 is 0 Å². The molecule has 0 radical (unpaired) electrons. The topological polar surface area (TPSA) is 98.1 Å². The summed E-state index contributed by atoms with van der Waals surface area (Å²) in [5.41, 5.74) is 2.00. The van der Waals surface area contributed by atoms with Crippen molar-refractivity contribution in [2.24, 2.45) is 7.05 Å². The van der Waals surface area contributed by atoms with Crippen LogP contribution in [0, 0.1) is 6.92 Å². The van der Waals surface area contributed by atoms with Crippen LogP contribution >= 0.6 is 0 Å². The Labute approximate surface area is 151 Å². The Bertz CT molecular complexity index is 856. The molecule has 2 N–H and O–H groups in total. The summed E-state index contributed by atoms with van der Waals surface area (Å²) in [5.74, 6) is -0.150. The number of hydrogen-bond donors (Lipinski definition) is 2. The van der Waals surface area contributed by atoms with Crippen LogP contribution < -0.4 is 10.6 Å². The van der Waals surface area contributed by atoms with E-state index in [9.17, 15) is 9.59 Å². The molecule has 0 aliphatic carbocycles. The van der Waals surface area contributed by atoms with Gasteiger partial charge in [-0.1, -0.05) is 0 Å². The van der Waals surface area contributed by atoms with E-state index >= 15 is 0 Å². The van der Waals surface area contributed by atoms with E-state index in [1.807, 2.05) is 6.92 Å². The van der Waals surface area contributed by atoms with E-state index in [1.54, 1.807) is 24.0 Å². The average Bonchev–Trinajstić information content (AvgIpc) is 3.26. The molecule has 8 nitrogen and oxygen atoms in total. The van der Waals surface area contributed by atoms with E-state index in [-0.39, 0.29) is 30.0 Å². The van der Waals surface area contributed by atoms with E-state index in [0.717, 1.165) is 23.9 Å². The lowest BCUT2D eigenvalue weighted by atomic mass is 9.92. The Morgan fingerprint density at radius 1 is 1.42 bits per heavy atom. The third-order valence-corrected chi connectivity index (χ3v) is 5.20. The molecule has 0 saturated carbocycles. The van der Waals surface area contributed by atoms with Gasteiger partial charge >= 0.3 is 0 Å². The van der Waals surface area contributed by atoms with E-state index in [1.165, 1.54) is 0 Å². The highest BCUT2D eigenvalue weighted by Crippen LogP contribution is 2.24. The Balaban J connectivity index is 1.59. The Hall–Kier alpha value is -2.48. The predicted molar refractivity (Wildman–Crippen MR) is 94.6 cm³/mol. The van der Waals surface area contributed by atoms with Gasteiger partial charge in [0.15, 0.2) is 5.65 Å². The number of fused-ring (bicyclic) bond motifs is 1. The third-order valence-electron chi connectivity index (χ3n) is 5.20. The smallest absolute Gasteiger partial charge is 0.252 e. The number of hydrogen-bond acceptors (Lipinski definition) is 5. The molecule has 1 unspecified atom stereocenters. The molecular weight excluding hydrogens is 334 g/mol. The molecule has 2 aliphatic rings. The van der Waals surface area contributed by atoms with Crippen molar-refractivity contribution in [2.45, 2.75) is 50.8 Å². The van der Waals surface area contributed by atoms with Gasteiger partial charge in [-0.2, -0.15) is 5.10 Å². The maximum absolute atomic E-state index is 13.0. The molecular formula is C18H23N5O3. The highest BCUT2D eigenvalue weighted by molar-refractivity contribution is 6.05. The summed E-state index contributed by atoms with van der Waals surface area (Å²) in [7, 11) is 1.81. The third kappa shape index (κ3) is 3.05. The number of rotatable bonds is 3. The van der Waals surface area contributed by atoms with Crippen molar-refractivity contribution < 1.29 is 14.3 Å². The standard InChI is InChI=1S/C18H23N5O3/c1-10-8-11(12-9-19-23(2)17(12)20-10)18(25)21-13-5-6-15(24)22-16(13)14-4-3-7-26-14/h8-9,13-14,16H,3-7H2,1-2H3,(H,21,25)(H,22,24)/t13-,14?,16-/m0/s1. The first kappa shape index (κ1) is 17.0. The Kier molecular flexibility index (Phi) is 4.36. The number of ether oxygens (including phenoxy) is 1. The average molecular weight is 357 g/mol. The van der Waals surface area contributed by atoms with Gasteiger partial charge in [0.05, 0.1) is 35.3 Å². The second-order valence-corrected chi connectivity index (χ2v) is 7.08. The lowest BCUT2D eigenvalue weighted by molar-refractivity contribution is -0.125. The number of piperidine rings is 1. The molecule has 2 aliphatic heterocycles. The molecule has 138 valence electrons. The van der Waals surface area contributed by atoms with Crippen molar-refractivity contribution in [1.82, 2.24) is 25.4 Å². The molecule has 2 aromatic rings. The zero-order valence-electron chi connectivity index (χ0n) is 15.0. The monoisotopic (exact) mass is 357 g/mol. The zero-order valence-corrected chi connectivity index (χ0v) is 15.0. The SMILES string of the molecule is Cc1cc(C(=O)N[C@H]2CCC(=O)N[C@@H]2C2CCCO2)c2cnn(C)c2n1. The quantitative estimate of drug-likeness (QED) is 0.848. The number of aromatic nitrogens is 3. The summed E-state index contributed by atoms with van der Waals surface area (Å²) in [6, 6.07) is 1.44. The van der Waals surface area contributed by atoms with Crippen molar-refractivity contribution in [3.63, 3.8) is 0 Å². The minimum Gasteiger partial charge on any atom is -0.376 e. The number of carbonyl (C=O) groups is 2. The number of aryl methyl sites for hydroxylation is 2. The van der Waals surface area contributed by atoms with Crippen LogP contribution in [0.1, 0.15) is 41.7 Å². The van der Waals surface area contributed by atoms with E-state index in [4.69, 9.17) is 4.74 Å². The highest BCUT2D eigenvalue weighted by atomic mass is 16.5. The fourth-order valence-corrected chi connectivity index (χ4v) is 3.90. The zero-order chi connectivity index (χ0) is 18.3. The Morgan fingerprint density at radius 3 is 3.04 bits per heavy atom. The van der Waals surface area contributed by atoms with Crippen LogP contribution in [-0.2, 0) is 16.6 Å². The maximum atomic E-state index is 13.0. The fraction of sp³-hybridized carbons (Fsp3) is 0.556. The molecule has 2 amide bonds. The molecule has 3 atom stereocenters. The van der Waals surface area contributed by atoms with Crippen LogP contribution in [0.2, 0.25) is 0 Å². The second-order valence-electron chi connectivity index (χ2n) is 7.08. The van der Waals surface area contributed by atoms with Gasteiger partial charge in [-0.3, -0.25) is 14.3 Å². The van der Waals surface area contributed by atoms with Crippen molar-refractivity contribution in [2.75, 3.05) is 6.61 Å². The molecule has 2 fully saturated rings. The summed E-state index contributed by atoms with van der Waals surface area (Å²) in [4.78, 5) is 29.3. The number of nitrogens with zero attached hydrogens (tertiary/aromatic N) is 3. The van der Waals surface area contributed by atoms with Crippen molar-refractivity contribution in [3.05, 3.63) is 23.5 Å². The van der Waals surface area contributed by atoms with Gasteiger partial charge in [-0.25, -0.2) is 4.98 Å². The minimum absolute atomic E-state index is 0.0189. The summed E-state index contributed by atoms with van der Waals surface area (Å²) in [5, 5.41) is 11.1. The fourth-order valence-electron chi connectivity index (χ4n) is 3.90. The summed E-state index contributed by atoms with van der Waals surface area (Å²) >= 11 is 0. The molecule has 0 aromatic carbocycles. The number of nitrogens with one attached hydrogen (secondary N) is 2. The molecule has 0 spiro atoms. The molecule has 2 saturated heterocycles. The van der Waals surface area contributed by atoms with Gasteiger partial charge in [0, 0.05) is 25.8 Å². The first-order valence-corrected chi connectivity index (χ1v) is 9.04. The van der Waals surface area contributed by atoms with Crippen LogP contribution in [0.4, 0.5) is 0 Å².